The van der Waals surface area contributed by atoms with Gasteiger partial charge in [-0.15, -0.1) is 0 Å². The summed E-state index contributed by atoms with van der Waals surface area (Å²) >= 11 is 0. The van der Waals surface area contributed by atoms with Gasteiger partial charge in [-0.25, -0.2) is 19.2 Å². The van der Waals surface area contributed by atoms with Crippen LogP contribution in [0.1, 0.15) is 203 Å². The quantitative estimate of drug-likeness (QED) is 0.0153. The first-order valence-corrected chi connectivity index (χ1v) is 44.4. The molecule has 17 atom stereocenters. The predicted octanol–water partition coefficient (Wildman–Crippen LogP) is -12.7. The molecule has 0 aliphatic heterocycles. The van der Waals surface area contributed by atoms with Gasteiger partial charge in [-0.2, -0.15) is 0 Å². The highest BCUT2D eigenvalue weighted by Crippen LogP contribution is 2.17. The first-order valence-electron chi connectivity index (χ1n) is 44.4. The standard InChI is InChI=1S/C81H136N26O32/c1-8-38(6)64(76(131)100-41(13-11-29-91-81(89)90)69(124)101-46(78(134)135)17-24-58(113)93-40(12-9-10-28-82)68(123)106-53(35-108)75(130)104-49(65(88)120)32-56(86)111)107-74(129)51(31-37(4)5)97-61(116)26-19-48(80(138)139)103-71(126)44(15-22-55(85)110)99-73(128)52(33-57(87)112)105-66(121)39(7)92-67(122)43(14-21-54(84)109)98-72(127)50(30-36(2)3)96-60(115)23-16-45(77(132)133)95-59(114)25-18-47(79(136)137)102-70(125)42(20-27-63(118)119)94-62(117)34-83/h36-53,64,108H,8-35,82-83H2,1-7H3,(H2,84,109)(H2,85,110)(H2,86,111)(H2,87,112)(H2,88,120)(H,92,122)(H,93,113)(H,94,117)(H,95,114)(H,96,115)(H,97,116)(H,98,127)(H,99,128)(H,100,131)(H,101,124)(H,102,125)(H,103,126)(H,104,130)(H,105,121)(H,106,123)(H,107,129)(H,118,119)(H,132,133)(H,134,135)(H,136,137)(H,138,139)(H4,89,90,91)/t38-,39-,40-,41-,42-,43-,44-,45-,46-,47-,48-,49-,50-,51-,52-,53-,64-/m0/s1. The maximum absolute atomic E-state index is 14.5. The molecule has 0 radical (unpaired) electrons. The van der Waals surface area contributed by atoms with Crippen LogP contribution in [-0.2, 0) is 125 Å². The van der Waals surface area contributed by atoms with Crippen LogP contribution in [0.5, 0.6) is 0 Å². The molecule has 782 valence electrons. The molecule has 0 aliphatic rings. The highest BCUT2D eigenvalue weighted by molar-refractivity contribution is 6.01. The molecule has 58 nitrogen and oxygen atoms in total. The highest BCUT2D eigenvalue weighted by atomic mass is 16.4. The van der Waals surface area contributed by atoms with E-state index in [2.05, 4.69) is 90.4 Å². The molecule has 0 spiro atoms. The van der Waals surface area contributed by atoms with Gasteiger partial charge in [0, 0.05) is 51.5 Å². The van der Waals surface area contributed by atoms with Gasteiger partial charge >= 0.3 is 29.8 Å². The first kappa shape index (κ1) is 124. The lowest BCUT2D eigenvalue weighted by atomic mass is 9.96. The fraction of sp³-hybridized carbons (Fsp3) is 0.667. The minimum absolute atomic E-state index is 0.0339. The molecule has 40 N–H and O–H groups in total. The average Bonchev–Trinajstić information content (AvgIpc) is 0.880. The molecule has 0 bridgehead atoms. The number of carboxylic acid groups (broad SMARTS) is 5. The molecule has 0 aromatic rings. The van der Waals surface area contributed by atoms with Gasteiger partial charge in [0.15, 0.2) is 5.96 Å². The minimum Gasteiger partial charge on any atom is -0.481 e. The van der Waals surface area contributed by atoms with E-state index in [-0.39, 0.29) is 58.0 Å². The third kappa shape index (κ3) is 52.3. The van der Waals surface area contributed by atoms with E-state index in [0.717, 1.165) is 6.92 Å². The zero-order chi connectivity index (χ0) is 106. The Balaban J connectivity index is 6.74. The zero-order valence-electron chi connectivity index (χ0n) is 78.2. The smallest absolute Gasteiger partial charge is 0.326 e. The van der Waals surface area contributed by atoms with E-state index in [1.54, 1.807) is 34.6 Å². The molecule has 0 saturated carbocycles. The average molecular weight is 1990 g/mol. The van der Waals surface area contributed by atoms with E-state index in [9.17, 15) is 150 Å². The van der Waals surface area contributed by atoms with Gasteiger partial charge in [0.25, 0.3) is 0 Å². The summed E-state index contributed by atoms with van der Waals surface area (Å²) in [5.41, 5.74) is 42.9. The largest absolute Gasteiger partial charge is 0.481 e. The summed E-state index contributed by atoms with van der Waals surface area (Å²) in [6.07, 6.45) is -11.3. The van der Waals surface area contributed by atoms with Crippen LogP contribution in [0, 0.1) is 23.2 Å². The van der Waals surface area contributed by atoms with Gasteiger partial charge in [-0.3, -0.25) is 111 Å². The Morgan fingerprint density at radius 3 is 0.957 bits per heavy atom. The Hall–Kier alpha value is -14.6. The van der Waals surface area contributed by atoms with Crippen molar-refractivity contribution in [3.05, 3.63) is 0 Å². The maximum Gasteiger partial charge on any atom is 0.326 e. The van der Waals surface area contributed by atoms with Gasteiger partial charge in [0.1, 0.15) is 96.7 Å². The van der Waals surface area contributed by atoms with E-state index in [0.29, 0.717) is 6.42 Å². The van der Waals surface area contributed by atoms with Crippen LogP contribution < -0.4 is 136 Å². The van der Waals surface area contributed by atoms with Gasteiger partial charge in [0.05, 0.1) is 26.0 Å². The van der Waals surface area contributed by atoms with Crippen LogP contribution in [0.2, 0.25) is 0 Å². The van der Waals surface area contributed by atoms with E-state index >= 15 is 0 Å². The first-order chi connectivity index (χ1) is 64.9. The van der Waals surface area contributed by atoms with E-state index in [4.69, 9.17) is 56.4 Å². The second-order valence-corrected chi connectivity index (χ2v) is 33.4. The number of nitrogens with one attached hydrogen (secondary N) is 18. The number of carbonyl (C=O) groups excluding carboxylic acids is 21. The molecule has 0 aromatic carbocycles. The van der Waals surface area contributed by atoms with Crippen molar-refractivity contribution in [2.45, 2.75) is 299 Å². The lowest BCUT2D eigenvalue weighted by Crippen LogP contribution is -2.59. The number of rotatable bonds is 73. The van der Waals surface area contributed by atoms with Crippen molar-refractivity contribution < 1.29 is 155 Å². The van der Waals surface area contributed by atoms with Crippen LogP contribution in [0.4, 0.5) is 0 Å². The number of primary amides is 5. The van der Waals surface area contributed by atoms with Crippen LogP contribution >= 0.6 is 0 Å². The maximum atomic E-state index is 14.5. The molecular weight excluding hydrogens is 1850 g/mol. The lowest BCUT2D eigenvalue weighted by Gasteiger charge is -2.29. The number of hydrogen-bond acceptors (Lipinski definition) is 30. The number of guanidine groups is 1. The van der Waals surface area contributed by atoms with Crippen molar-refractivity contribution >= 4 is 160 Å². The molecule has 0 aromatic heterocycles. The number of carbonyl (C=O) groups is 26. The third-order valence-corrected chi connectivity index (χ3v) is 20.6. The number of hydrogen-bond donors (Lipinski definition) is 32. The van der Waals surface area contributed by atoms with Crippen LogP contribution in [0.25, 0.3) is 0 Å². The molecule has 0 unspecified atom stereocenters. The Morgan fingerprint density at radius 2 is 0.590 bits per heavy atom. The number of unbranched alkanes of at least 4 members (excludes halogenated alkanes) is 1. The summed E-state index contributed by atoms with van der Waals surface area (Å²) in [6, 6.07) is -27.8. The summed E-state index contributed by atoms with van der Waals surface area (Å²) < 4.78 is 0. The van der Waals surface area contributed by atoms with Crippen LogP contribution in [0.3, 0.4) is 0 Å². The summed E-state index contributed by atoms with van der Waals surface area (Å²) in [5.74, 6) is -33.7. The van der Waals surface area contributed by atoms with Gasteiger partial charge in [-0.05, 0) is 121 Å². The molecular formula is C81H136N26O32. The van der Waals surface area contributed by atoms with Crippen LogP contribution in [-0.4, -0.2) is 313 Å². The second-order valence-electron chi connectivity index (χ2n) is 33.4. The Morgan fingerprint density at radius 1 is 0.295 bits per heavy atom. The lowest BCUT2D eigenvalue weighted by molar-refractivity contribution is -0.144. The zero-order valence-corrected chi connectivity index (χ0v) is 78.2. The van der Waals surface area contributed by atoms with Gasteiger partial charge in [0.2, 0.25) is 124 Å². The normalized spacial score (nSPS) is 14.6. The van der Waals surface area contributed by atoms with Crippen molar-refractivity contribution in [1.82, 2.24) is 90.4 Å². The molecule has 0 aliphatic carbocycles. The van der Waals surface area contributed by atoms with Gasteiger partial charge < -0.3 is 167 Å². The molecule has 0 saturated heterocycles. The monoisotopic (exact) mass is 1980 g/mol. The minimum atomic E-state index is -2.06. The van der Waals surface area contributed by atoms with Crippen molar-refractivity contribution in [3.8, 4) is 0 Å². The molecule has 0 rings (SSSR count). The number of aliphatic hydroxyl groups is 1. The summed E-state index contributed by atoms with van der Waals surface area (Å²) in [4.78, 5) is 339. The molecule has 0 heterocycles. The van der Waals surface area contributed by atoms with Gasteiger partial charge in [-0.1, -0.05) is 48.0 Å². The van der Waals surface area contributed by atoms with E-state index < -0.39 is 390 Å². The van der Waals surface area contributed by atoms with Crippen molar-refractivity contribution in [1.29, 1.82) is 5.41 Å². The van der Waals surface area contributed by atoms with Crippen LogP contribution in [0.15, 0.2) is 0 Å². The Bertz CT molecular complexity index is 4330. The fourth-order valence-electron chi connectivity index (χ4n) is 12.9. The second kappa shape index (κ2) is 65.2. The van der Waals surface area contributed by atoms with E-state index in [1.807, 2.05) is 0 Å². The number of nitrogens with two attached hydrogens (primary N) is 8. The number of aliphatic carboxylic acids is 5. The molecule has 0 fully saturated rings. The van der Waals surface area contributed by atoms with Crippen molar-refractivity contribution in [2.24, 2.45) is 63.6 Å². The summed E-state index contributed by atoms with van der Waals surface area (Å²) in [5, 5.41) is 106. The topological polar surface area (TPSA) is 1000 Å². The third-order valence-electron chi connectivity index (χ3n) is 20.6. The Kier molecular flexibility index (Phi) is 58.3. The van der Waals surface area contributed by atoms with E-state index in [1.165, 1.54) is 6.92 Å². The molecule has 21 amide bonds. The summed E-state index contributed by atoms with van der Waals surface area (Å²) in [7, 11) is 0. The highest BCUT2D eigenvalue weighted by Gasteiger charge is 2.40. The number of amides is 21. The number of aliphatic hydroxyl groups excluding tert-OH is 1. The summed E-state index contributed by atoms with van der Waals surface area (Å²) in [6.45, 7) is 9.06. The van der Waals surface area contributed by atoms with Crippen molar-refractivity contribution in [2.75, 3.05) is 26.2 Å². The predicted molar refractivity (Wildman–Crippen MR) is 481 cm³/mol. The van der Waals surface area contributed by atoms with Crippen molar-refractivity contribution in [3.63, 3.8) is 0 Å². The SMILES string of the molecule is CC[C@H](C)[C@H](NC(=O)[C@H](CC(C)C)NC(=O)CC[C@H](NC(=O)[C@H](CCC(N)=O)NC(=O)[C@H](CC(N)=O)NC(=O)[C@H](C)NC(=O)[C@H](CCC(N)=O)NC(=O)[C@H](CC(C)C)NC(=O)CC[C@H](NC(=O)CC[C@H](NC(=O)[C@H](CCC(=O)O)NC(=O)CN)C(=O)O)C(=O)O)C(=O)O)C(=O)N[C@@H](CCCNC(=N)N)C(=O)N[C@@H](CCC(=O)N[C@@H](CCCCN)C(=O)N[C@@H](CO)C(=O)N[C@@H](CC(N)=O)C(N)=O)C(=O)O. The molecule has 139 heavy (non-hydrogen) atoms. The number of carboxylic acids is 5. The Labute approximate surface area is 797 Å². The molecule has 58 heteroatoms. The fourth-order valence-corrected chi connectivity index (χ4v) is 12.9.